The van der Waals surface area contributed by atoms with Gasteiger partial charge in [-0.05, 0) is 32.0 Å². The molecule has 1 aliphatic rings. The van der Waals surface area contributed by atoms with Crippen LogP contribution in [-0.2, 0) is 11.3 Å². The van der Waals surface area contributed by atoms with E-state index in [0.29, 0.717) is 11.6 Å². The van der Waals surface area contributed by atoms with Gasteiger partial charge >= 0.3 is 0 Å². The number of hydrogen-bond acceptors (Lipinski definition) is 4. The first-order valence-corrected chi connectivity index (χ1v) is 7.14. The Morgan fingerprint density at radius 1 is 1.50 bits per heavy atom. The number of rotatable bonds is 4. The average Bonchev–Trinajstić information content (AvgIpc) is 2.83. The van der Waals surface area contributed by atoms with Crippen molar-refractivity contribution in [2.24, 2.45) is 5.41 Å². The fourth-order valence-corrected chi connectivity index (χ4v) is 2.79. The van der Waals surface area contributed by atoms with Gasteiger partial charge in [0.25, 0.3) is 0 Å². The summed E-state index contributed by atoms with van der Waals surface area (Å²) < 4.78 is 0. The molecule has 110 valence electrons. The molecule has 1 aliphatic heterocycles. The molecule has 6 heteroatoms. The van der Waals surface area contributed by atoms with Crippen LogP contribution >= 0.6 is 11.6 Å². The summed E-state index contributed by atoms with van der Waals surface area (Å²) >= 11 is 6.20. The monoisotopic (exact) mass is 296 g/mol. The van der Waals surface area contributed by atoms with Crippen LogP contribution < -0.4 is 10.6 Å². The molecule has 1 aromatic rings. The molecule has 1 aromatic heterocycles. The van der Waals surface area contributed by atoms with Crippen molar-refractivity contribution < 1.29 is 4.79 Å². The van der Waals surface area contributed by atoms with E-state index in [1.54, 1.807) is 7.05 Å². The van der Waals surface area contributed by atoms with E-state index in [9.17, 15) is 4.79 Å². The van der Waals surface area contributed by atoms with Crippen LogP contribution in [0, 0.1) is 5.41 Å². The van der Waals surface area contributed by atoms with Crippen molar-refractivity contribution in [3.63, 3.8) is 0 Å². The fraction of sp³-hybridized carbons (Fsp3) is 0.571. The second-order valence-corrected chi connectivity index (χ2v) is 5.88. The lowest BCUT2D eigenvalue weighted by molar-refractivity contribution is -0.129. The van der Waals surface area contributed by atoms with Crippen LogP contribution in [0.4, 0.5) is 5.82 Å². The van der Waals surface area contributed by atoms with E-state index < -0.39 is 0 Å². The molecule has 0 aromatic carbocycles. The molecule has 0 bridgehead atoms. The standard InChI is InChI=1S/C14H21ClN4O/c1-14(13(20)17-3)6-7-19(9-14)8-11-10(15)4-5-12(16-2)18-11/h4-5H,6-9H2,1-3H3,(H,16,18)(H,17,20). The van der Waals surface area contributed by atoms with Gasteiger partial charge in [-0.1, -0.05) is 11.6 Å². The van der Waals surface area contributed by atoms with Gasteiger partial charge in [-0.15, -0.1) is 0 Å². The van der Waals surface area contributed by atoms with E-state index in [2.05, 4.69) is 20.5 Å². The maximum Gasteiger partial charge on any atom is 0.227 e. The molecule has 0 radical (unpaired) electrons. The summed E-state index contributed by atoms with van der Waals surface area (Å²) in [6, 6.07) is 3.70. The smallest absolute Gasteiger partial charge is 0.227 e. The molecule has 1 saturated heterocycles. The highest BCUT2D eigenvalue weighted by Crippen LogP contribution is 2.31. The highest BCUT2D eigenvalue weighted by molar-refractivity contribution is 6.31. The van der Waals surface area contributed by atoms with E-state index in [0.717, 1.165) is 31.0 Å². The third-order valence-electron chi connectivity index (χ3n) is 3.88. The number of carbonyl (C=O) groups is 1. The van der Waals surface area contributed by atoms with Crippen molar-refractivity contribution in [3.05, 3.63) is 22.8 Å². The number of likely N-dealkylation sites (tertiary alicyclic amines) is 1. The Labute approximate surface area is 124 Å². The molecule has 2 heterocycles. The van der Waals surface area contributed by atoms with Crippen molar-refractivity contribution in [1.29, 1.82) is 0 Å². The Hall–Kier alpha value is -1.33. The predicted octanol–water partition coefficient (Wildman–Crippen LogP) is 1.73. The predicted molar refractivity (Wildman–Crippen MR) is 80.9 cm³/mol. The lowest BCUT2D eigenvalue weighted by Crippen LogP contribution is -2.39. The first kappa shape index (κ1) is 15.1. The van der Waals surface area contributed by atoms with Gasteiger partial charge in [-0.3, -0.25) is 9.69 Å². The molecular weight excluding hydrogens is 276 g/mol. The van der Waals surface area contributed by atoms with Gasteiger partial charge in [0.2, 0.25) is 5.91 Å². The van der Waals surface area contributed by atoms with Crippen LogP contribution in [-0.4, -0.2) is 43.0 Å². The molecule has 0 aliphatic carbocycles. The number of pyridine rings is 1. The minimum Gasteiger partial charge on any atom is -0.373 e. The molecule has 1 unspecified atom stereocenters. The molecule has 2 N–H and O–H groups in total. The maximum atomic E-state index is 11.9. The second kappa shape index (κ2) is 5.97. The molecule has 1 atom stereocenters. The van der Waals surface area contributed by atoms with Crippen molar-refractivity contribution in [2.45, 2.75) is 19.9 Å². The number of amides is 1. The molecule has 5 nitrogen and oxygen atoms in total. The molecular formula is C14H21ClN4O. The van der Waals surface area contributed by atoms with Crippen LogP contribution in [0.1, 0.15) is 19.0 Å². The van der Waals surface area contributed by atoms with Crippen LogP contribution in [0.15, 0.2) is 12.1 Å². The van der Waals surface area contributed by atoms with E-state index in [1.807, 2.05) is 26.1 Å². The number of carbonyl (C=O) groups excluding carboxylic acids is 1. The van der Waals surface area contributed by atoms with Crippen LogP contribution in [0.25, 0.3) is 0 Å². The van der Waals surface area contributed by atoms with E-state index in [1.165, 1.54) is 0 Å². The topological polar surface area (TPSA) is 57.3 Å². The summed E-state index contributed by atoms with van der Waals surface area (Å²) in [6.45, 7) is 4.28. The highest BCUT2D eigenvalue weighted by atomic mass is 35.5. The van der Waals surface area contributed by atoms with Crippen molar-refractivity contribution in [3.8, 4) is 0 Å². The summed E-state index contributed by atoms with van der Waals surface area (Å²) in [5.41, 5.74) is 0.529. The van der Waals surface area contributed by atoms with Gasteiger partial charge in [0.1, 0.15) is 5.82 Å². The number of nitrogens with zero attached hydrogens (tertiary/aromatic N) is 2. The van der Waals surface area contributed by atoms with E-state index in [-0.39, 0.29) is 11.3 Å². The third kappa shape index (κ3) is 3.04. The van der Waals surface area contributed by atoms with Gasteiger partial charge in [0.05, 0.1) is 16.1 Å². The maximum absolute atomic E-state index is 11.9. The largest absolute Gasteiger partial charge is 0.373 e. The first-order chi connectivity index (χ1) is 9.48. The van der Waals surface area contributed by atoms with Gasteiger partial charge in [0.15, 0.2) is 0 Å². The van der Waals surface area contributed by atoms with Gasteiger partial charge in [0, 0.05) is 27.2 Å². The van der Waals surface area contributed by atoms with Gasteiger partial charge < -0.3 is 10.6 Å². The Balaban J connectivity index is 2.07. The van der Waals surface area contributed by atoms with E-state index in [4.69, 9.17) is 11.6 Å². The zero-order valence-corrected chi connectivity index (χ0v) is 12.9. The summed E-state index contributed by atoms with van der Waals surface area (Å²) in [6.07, 6.45) is 0.857. The highest BCUT2D eigenvalue weighted by Gasteiger charge is 2.39. The number of aromatic nitrogens is 1. The first-order valence-electron chi connectivity index (χ1n) is 6.76. The van der Waals surface area contributed by atoms with Crippen LogP contribution in [0.2, 0.25) is 5.02 Å². The van der Waals surface area contributed by atoms with Crippen LogP contribution in [0.5, 0.6) is 0 Å². The molecule has 2 rings (SSSR count). The number of hydrogen-bond donors (Lipinski definition) is 2. The lowest BCUT2D eigenvalue weighted by Gasteiger charge is -2.22. The molecule has 20 heavy (non-hydrogen) atoms. The van der Waals surface area contributed by atoms with Crippen molar-refractivity contribution in [1.82, 2.24) is 15.2 Å². The average molecular weight is 297 g/mol. The minimum absolute atomic E-state index is 0.100. The summed E-state index contributed by atoms with van der Waals surface area (Å²) in [5, 5.41) is 6.42. The second-order valence-electron chi connectivity index (χ2n) is 5.48. The van der Waals surface area contributed by atoms with Gasteiger partial charge in [-0.2, -0.15) is 0 Å². The zero-order valence-electron chi connectivity index (χ0n) is 12.2. The molecule has 0 spiro atoms. The Bertz CT molecular complexity index is 508. The Morgan fingerprint density at radius 3 is 2.90 bits per heavy atom. The number of halogens is 1. The molecule has 1 fully saturated rings. The van der Waals surface area contributed by atoms with Gasteiger partial charge in [-0.25, -0.2) is 4.98 Å². The number of anilines is 1. The Morgan fingerprint density at radius 2 is 2.25 bits per heavy atom. The van der Waals surface area contributed by atoms with Crippen molar-refractivity contribution >= 4 is 23.3 Å². The Kier molecular flexibility index (Phi) is 4.50. The normalized spacial score (nSPS) is 22.8. The van der Waals surface area contributed by atoms with E-state index >= 15 is 0 Å². The summed E-state index contributed by atoms with van der Waals surface area (Å²) in [4.78, 5) is 18.6. The summed E-state index contributed by atoms with van der Waals surface area (Å²) in [5.74, 6) is 0.903. The lowest BCUT2D eigenvalue weighted by atomic mass is 9.89. The quantitative estimate of drug-likeness (QED) is 0.888. The zero-order chi connectivity index (χ0) is 14.8. The molecule has 1 amide bonds. The minimum atomic E-state index is -0.318. The third-order valence-corrected chi connectivity index (χ3v) is 4.22. The van der Waals surface area contributed by atoms with Crippen LogP contribution in [0.3, 0.4) is 0 Å². The molecule has 0 saturated carbocycles. The summed E-state index contributed by atoms with van der Waals surface area (Å²) in [7, 11) is 3.52. The SMILES string of the molecule is CNC(=O)C1(C)CCN(Cc2nc(NC)ccc2Cl)C1. The van der Waals surface area contributed by atoms with Crippen molar-refractivity contribution in [2.75, 3.05) is 32.5 Å². The fourth-order valence-electron chi connectivity index (χ4n) is 2.62. The number of nitrogens with one attached hydrogen (secondary N) is 2.